The van der Waals surface area contributed by atoms with Gasteiger partial charge in [-0.3, -0.25) is 9.80 Å². The predicted octanol–water partition coefficient (Wildman–Crippen LogP) is 0.763. The quantitative estimate of drug-likeness (QED) is 0.554. The molecule has 11 heavy (non-hydrogen) atoms. The van der Waals surface area contributed by atoms with Crippen LogP contribution in [0, 0.1) is 0 Å². The number of hydrazone groups is 1. The number of nitrogens with zero attached hydrogens (tertiary/aromatic N) is 2. The van der Waals surface area contributed by atoms with Gasteiger partial charge < -0.3 is 4.74 Å². The van der Waals surface area contributed by atoms with Crippen molar-refractivity contribution in [1.29, 1.82) is 0 Å². The molecule has 5 heteroatoms. The van der Waals surface area contributed by atoms with E-state index in [1.165, 1.54) is 11.9 Å². The molecule has 0 saturated heterocycles. The van der Waals surface area contributed by atoms with Crippen molar-refractivity contribution < 1.29 is 9.53 Å². The average molecular weight is 177 g/mol. The molecular formula is C6H9ClN2O2. The molecule has 0 radical (unpaired) electrons. The second kappa shape index (κ2) is 3.09. The Morgan fingerprint density at radius 2 is 2.55 bits per heavy atom. The van der Waals surface area contributed by atoms with Gasteiger partial charge >= 0.3 is 5.97 Å². The van der Waals surface area contributed by atoms with Crippen LogP contribution in [0.3, 0.4) is 0 Å². The van der Waals surface area contributed by atoms with Crippen LogP contribution in [-0.2, 0) is 9.53 Å². The first-order valence-electron chi connectivity index (χ1n) is 3.22. The van der Waals surface area contributed by atoms with Gasteiger partial charge in [0, 0.05) is 14.0 Å². The fourth-order valence-corrected chi connectivity index (χ4v) is 1.11. The lowest BCUT2D eigenvalue weighted by molar-refractivity contribution is -0.153. The summed E-state index contributed by atoms with van der Waals surface area (Å²) in [6, 6.07) is 0. The normalized spacial score (nSPS) is 23.4. The van der Waals surface area contributed by atoms with E-state index in [0.29, 0.717) is 11.6 Å². The fourth-order valence-electron chi connectivity index (χ4n) is 0.862. The van der Waals surface area contributed by atoms with Gasteiger partial charge in [-0.1, -0.05) is 11.6 Å². The molecule has 1 atom stereocenters. The summed E-state index contributed by atoms with van der Waals surface area (Å²) < 4.78 is 4.88. The van der Waals surface area contributed by atoms with Crippen LogP contribution in [0.1, 0.15) is 13.3 Å². The van der Waals surface area contributed by atoms with Gasteiger partial charge in [0.2, 0.25) is 0 Å². The maximum Gasteiger partial charge on any atom is 0.304 e. The van der Waals surface area contributed by atoms with Crippen LogP contribution in [0.4, 0.5) is 0 Å². The van der Waals surface area contributed by atoms with E-state index in [2.05, 4.69) is 5.10 Å². The van der Waals surface area contributed by atoms with Crippen molar-refractivity contribution in [2.75, 3.05) is 7.05 Å². The molecule has 0 spiro atoms. The summed E-state index contributed by atoms with van der Waals surface area (Å²) in [7, 11) is 1.71. The summed E-state index contributed by atoms with van der Waals surface area (Å²) in [6.07, 6.45) is 0.164. The minimum absolute atomic E-state index is 0.316. The number of rotatable bonds is 1. The number of hydrogen-bond acceptors (Lipinski definition) is 4. The summed E-state index contributed by atoms with van der Waals surface area (Å²) in [5.41, 5.74) is 0. The van der Waals surface area contributed by atoms with Gasteiger partial charge in [0.25, 0.3) is 0 Å². The van der Waals surface area contributed by atoms with Crippen molar-refractivity contribution in [3.63, 3.8) is 0 Å². The van der Waals surface area contributed by atoms with Gasteiger partial charge in [-0.2, -0.15) is 5.10 Å². The Kier molecular flexibility index (Phi) is 2.34. The van der Waals surface area contributed by atoms with Crippen LogP contribution in [0.2, 0.25) is 0 Å². The molecule has 0 N–H and O–H groups in total. The van der Waals surface area contributed by atoms with E-state index in [1.807, 2.05) is 0 Å². The maximum atomic E-state index is 10.5. The van der Waals surface area contributed by atoms with Crippen LogP contribution >= 0.6 is 11.6 Å². The van der Waals surface area contributed by atoms with Gasteiger partial charge in [-0.15, -0.1) is 0 Å². The zero-order valence-electron chi connectivity index (χ0n) is 6.37. The average Bonchev–Trinajstić information content (AvgIpc) is 2.09. The molecular weight excluding hydrogens is 168 g/mol. The number of hydrogen-bond donors (Lipinski definition) is 0. The Balaban J connectivity index is 2.46. The highest BCUT2D eigenvalue weighted by molar-refractivity contribution is 6.65. The van der Waals surface area contributed by atoms with E-state index in [9.17, 15) is 4.79 Å². The third-order valence-electron chi connectivity index (χ3n) is 1.33. The van der Waals surface area contributed by atoms with Crippen molar-refractivity contribution in [2.45, 2.75) is 19.6 Å². The van der Waals surface area contributed by atoms with Crippen molar-refractivity contribution in [1.82, 2.24) is 5.01 Å². The Morgan fingerprint density at radius 3 is 2.91 bits per heavy atom. The van der Waals surface area contributed by atoms with Gasteiger partial charge in [0.15, 0.2) is 6.23 Å². The number of carbonyl (C=O) groups excluding carboxylic acids is 1. The first kappa shape index (κ1) is 8.33. The lowest BCUT2D eigenvalue weighted by atomic mass is 10.4. The predicted molar refractivity (Wildman–Crippen MR) is 41.2 cm³/mol. The number of carbonyl (C=O) groups is 1. The summed E-state index contributed by atoms with van der Waals surface area (Å²) in [4.78, 5) is 10.5. The molecule has 1 aliphatic heterocycles. The van der Waals surface area contributed by atoms with Gasteiger partial charge in [-0.25, -0.2) is 0 Å². The smallest absolute Gasteiger partial charge is 0.304 e. The number of ether oxygens (including phenoxy) is 1. The van der Waals surface area contributed by atoms with E-state index in [-0.39, 0.29) is 12.2 Å². The largest absolute Gasteiger partial charge is 0.440 e. The first-order chi connectivity index (χ1) is 5.09. The second-order valence-electron chi connectivity index (χ2n) is 2.32. The molecule has 0 amide bonds. The Bertz CT molecular complexity index is 205. The molecule has 4 nitrogen and oxygen atoms in total. The minimum Gasteiger partial charge on any atom is -0.440 e. The van der Waals surface area contributed by atoms with E-state index < -0.39 is 0 Å². The molecule has 62 valence electrons. The van der Waals surface area contributed by atoms with Crippen LogP contribution in [-0.4, -0.2) is 29.4 Å². The molecule has 0 aromatic rings. The van der Waals surface area contributed by atoms with Crippen LogP contribution < -0.4 is 0 Å². The molecule has 0 saturated carbocycles. The third-order valence-corrected chi connectivity index (χ3v) is 1.56. The highest BCUT2D eigenvalue weighted by Crippen LogP contribution is 2.16. The van der Waals surface area contributed by atoms with Crippen LogP contribution in [0.15, 0.2) is 5.10 Å². The molecule has 1 unspecified atom stereocenters. The van der Waals surface area contributed by atoms with Gasteiger partial charge in [0.1, 0.15) is 5.17 Å². The molecule has 1 heterocycles. The summed E-state index contributed by atoms with van der Waals surface area (Å²) in [5, 5.41) is 5.86. The maximum absolute atomic E-state index is 10.5. The zero-order valence-corrected chi connectivity index (χ0v) is 7.13. The molecule has 0 bridgehead atoms. The van der Waals surface area contributed by atoms with Crippen molar-refractivity contribution >= 4 is 22.7 Å². The fraction of sp³-hybridized carbons (Fsp3) is 0.667. The Morgan fingerprint density at radius 1 is 1.91 bits per heavy atom. The minimum atomic E-state index is -0.319. The van der Waals surface area contributed by atoms with Gasteiger partial charge in [0.05, 0.1) is 6.42 Å². The Labute approximate surface area is 69.8 Å². The van der Waals surface area contributed by atoms with Crippen LogP contribution in [0.5, 0.6) is 0 Å². The van der Waals surface area contributed by atoms with Crippen molar-refractivity contribution in [3.8, 4) is 0 Å². The van der Waals surface area contributed by atoms with Crippen molar-refractivity contribution in [2.24, 2.45) is 5.10 Å². The topological polar surface area (TPSA) is 41.9 Å². The monoisotopic (exact) mass is 176 g/mol. The standard InChI is InChI=1S/C6H9ClN2O2/c1-4(10)11-6-3-5(7)8-9(6)2/h6H,3H2,1-2H3. The highest BCUT2D eigenvalue weighted by Gasteiger charge is 2.24. The summed E-state index contributed by atoms with van der Waals surface area (Å²) in [6.45, 7) is 1.36. The summed E-state index contributed by atoms with van der Waals surface area (Å²) in [5.74, 6) is -0.316. The van der Waals surface area contributed by atoms with E-state index >= 15 is 0 Å². The lowest BCUT2D eigenvalue weighted by Gasteiger charge is -2.17. The molecule has 0 fully saturated rings. The van der Waals surface area contributed by atoms with E-state index in [0.717, 1.165) is 0 Å². The molecule has 0 aromatic heterocycles. The lowest BCUT2D eigenvalue weighted by Crippen LogP contribution is -2.27. The third kappa shape index (κ3) is 2.08. The van der Waals surface area contributed by atoms with Gasteiger partial charge in [-0.05, 0) is 0 Å². The molecule has 1 aliphatic rings. The molecule has 1 rings (SSSR count). The van der Waals surface area contributed by atoms with Crippen molar-refractivity contribution in [3.05, 3.63) is 0 Å². The van der Waals surface area contributed by atoms with E-state index in [4.69, 9.17) is 16.3 Å². The Hall–Kier alpha value is -0.770. The first-order valence-corrected chi connectivity index (χ1v) is 3.60. The highest BCUT2D eigenvalue weighted by atomic mass is 35.5. The van der Waals surface area contributed by atoms with E-state index in [1.54, 1.807) is 7.05 Å². The zero-order chi connectivity index (χ0) is 8.43. The number of halogens is 1. The van der Waals surface area contributed by atoms with Crippen LogP contribution in [0.25, 0.3) is 0 Å². The molecule has 0 aromatic carbocycles. The molecule has 0 aliphatic carbocycles. The second-order valence-corrected chi connectivity index (χ2v) is 2.75. The SMILES string of the molecule is CC(=O)OC1CC(Cl)=NN1C. The number of esters is 1. The summed E-state index contributed by atoms with van der Waals surface area (Å²) >= 11 is 5.60.